The Kier molecular flexibility index (Phi) is 6.15. The van der Waals surface area contributed by atoms with Gasteiger partial charge >= 0.3 is 0 Å². The summed E-state index contributed by atoms with van der Waals surface area (Å²) in [5.74, 6) is 0.942. The second kappa shape index (κ2) is 8.33. The lowest BCUT2D eigenvalue weighted by Gasteiger charge is -2.12. The minimum atomic E-state index is -0.169. The van der Waals surface area contributed by atoms with Crippen LogP contribution in [0.25, 0.3) is 10.6 Å². The molecule has 1 N–H and O–H groups in total. The number of rotatable bonds is 5. The summed E-state index contributed by atoms with van der Waals surface area (Å²) in [5, 5.41) is 12.8. The van der Waals surface area contributed by atoms with Gasteiger partial charge in [-0.1, -0.05) is 65.5 Å². The number of carbonyl (C=O) groups is 1. The zero-order chi connectivity index (χ0) is 16.9. The summed E-state index contributed by atoms with van der Waals surface area (Å²) in [6, 6.07) is 7.38. The lowest BCUT2D eigenvalue weighted by molar-refractivity contribution is -0.115. The Bertz CT molecular complexity index is 747. The van der Waals surface area contributed by atoms with E-state index >= 15 is 0 Å². The van der Waals surface area contributed by atoms with E-state index in [-0.39, 0.29) is 11.2 Å². The van der Waals surface area contributed by atoms with Crippen LogP contribution in [0.2, 0.25) is 5.02 Å². The predicted molar refractivity (Wildman–Crippen MR) is 105 cm³/mol. The van der Waals surface area contributed by atoms with E-state index in [1.54, 1.807) is 23.9 Å². The topological polar surface area (TPSA) is 67.2 Å². The molecule has 0 aliphatic carbocycles. The van der Waals surface area contributed by atoms with Gasteiger partial charge in [-0.2, -0.15) is 0 Å². The van der Waals surface area contributed by atoms with Crippen LogP contribution in [0.1, 0.15) is 13.3 Å². The molecule has 5 nitrogen and oxygen atoms in total. The molecule has 1 aliphatic heterocycles. The van der Waals surface area contributed by atoms with Crippen LogP contribution < -0.4 is 5.32 Å². The SMILES string of the molecule is CCC(SC1=NCCS1)C(=O)Nc1nnc(-c2ccc(Cl)cc2)s1. The smallest absolute Gasteiger partial charge is 0.239 e. The maximum Gasteiger partial charge on any atom is 0.239 e. The van der Waals surface area contributed by atoms with Crippen molar-refractivity contribution in [2.24, 2.45) is 4.99 Å². The van der Waals surface area contributed by atoms with E-state index in [0.29, 0.717) is 10.2 Å². The van der Waals surface area contributed by atoms with Gasteiger partial charge in [0.25, 0.3) is 0 Å². The highest BCUT2D eigenvalue weighted by molar-refractivity contribution is 8.39. The van der Waals surface area contributed by atoms with Crippen LogP contribution in [-0.4, -0.2) is 38.0 Å². The van der Waals surface area contributed by atoms with E-state index in [9.17, 15) is 4.79 Å². The largest absolute Gasteiger partial charge is 0.300 e. The van der Waals surface area contributed by atoms with Crippen molar-refractivity contribution in [1.29, 1.82) is 0 Å². The standard InChI is InChI=1S/C15H15ClN4OS3/c1-2-11(23-15-17-7-8-22-15)12(21)18-14-20-19-13(24-14)9-3-5-10(16)6-4-9/h3-6,11H,2,7-8H2,1H3,(H,18,20,21). The molecule has 1 aromatic heterocycles. The molecule has 1 amide bonds. The molecule has 2 heterocycles. The van der Waals surface area contributed by atoms with Crippen LogP contribution in [0.5, 0.6) is 0 Å². The summed E-state index contributed by atoms with van der Waals surface area (Å²) in [7, 11) is 0. The number of hydrogen-bond acceptors (Lipinski definition) is 7. The normalized spacial score (nSPS) is 15.2. The molecule has 0 fully saturated rings. The first-order valence-corrected chi connectivity index (χ1v) is 10.5. The Morgan fingerprint density at radius 2 is 2.17 bits per heavy atom. The number of benzene rings is 1. The summed E-state index contributed by atoms with van der Waals surface area (Å²) in [5.41, 5.74) is 0.926. The molecular weight excluding hydrogens is 384 g/mol. The molecule has 0 radical (unpaired) electrons. The van der Waals surface area contributed by atoms with Crippen LogP contribution in [0.3, 0.4) is 0 Å². The first kappa shape index (κ1) is 17.7. The van der Waals surface area contributed by atoms with Crippen molar-refractivity contribution in [1.82, 2.24) is 10.2 Å². The fourth-order valence-electron chi connectivity index (χ4n) is 2.00. The zero-order valence-corrected chi connectivity index (χ0v) is 16.1. The highest BCUT2D eigenvalue weighted by atomic mass is 35.5. The molecule has 3 rings (SSSR count). The van der Waals surface area contributed by atoms with Crippen LogP contribution in [-0.2, 0) is 4.79 Å². The predicted octanol–water partition coefficient (Wildman–Crippen LogP) is 4.41. The van der Waals surface area contributed by atoms with Crippen molar-refractivity contribution < 1.29 is 4.79 Å². The summed E-state index contributed by atoms with van der Waals surface area (Å²) in [6.07, 6.45) is 0.735. The van der Waals surface area contributed by atoms with E-state index < -0.39 is 0 Å². The number of aliphatic imine (C=N–C) groups is 1. The lowest BCUT2D eigenvalue weighted by Crippen LogP contribution is -2.25. The fraction of sp³-hybridized carbons (Fsp3) is 0.333. The van der Waals surface area contributed by atoms with Crippen molar-refractivity contribution >= 4 is 61.9 Å². The maximum absolute atomic E-state index is 12.4. The highest BCUT2D eigenvalue weighted by Crippen LogP contribution is 2.30. The zero-order valence-electron chi connectivity index (χ0n) is 12.9. The first-order chi connectivity index (χ1) is 11.7. The molecule has 0 bridgehead atoms. The molecule has 0 saturated heterocycles. The average Bonchev–Trinajstić information content (AvgIpc) is 3.25. The molecule has 0 spiro atoms. The number of halogens is 1. The van der Waals surface area contributed by atoms with E-state index in [1.807, 2.05) is 19.1 Å². The summed E-state index contributed by atoms with van der Waals surface area (Å²) >= 11 is 10.5. The molecule has 1 atom stereocenters. The molecule has 0 saturated carbocycles. The molecule has 24 heavy (non-hydrogen) atoms. The summed E-state index contributed by atoms with van der Waals surface area (Å²) in [4.78, 5) is 16.8. The average molecular weight is 399 g/mol. The lowest BCUT2D eigenvalue weighted by atomic mass is 10.2. The minimum absolute atomic E-state index is 0.0588. The Morgan fingerprint density at radius 1 is 1.38 bits per heavy atom. The van der Waals surface area contributed by atoms with Gasteiger partial charge in [0.15, 0.2) is 0 Å². The third-order valence-electron chi connectivity index (χ3n) is 3.21. The van der Waals surface area contributed by atoms with Gasteiger partial charge in [0.2, 0.25) is 11.0 Å². The molecule has 126 valence electrons. The molecular formula is C15H15ClN4OS3. The minimum Gasteiger partial charge on any atom is -0.300 e. The number of nitrogens with zero attached hydrogens (tertiary/aromatic N) is 3. The van der Waals surface area contributed by atoms with Gasteiger partial charge in [-0.25, -0.2) is 0 Å². The molecule has 1 unspecified atom stereocenters. The Labute approximate surface area is 157 Å². The highest BCUT2D eigenvalue weighted by Gasteiger charge is 2.22. The fourth-order valence-corrected chi connectivity index (χ4v) is 5.03. The van der Waals surface area contributed by atoms with Gasteiger partial charge in [-0.15, -0.1) is 10.2 Å². The van der Waals surface area contributed by atoms with Crippen LogP contribution >= 0.6 is 46.5 Å². The molecule has 2 aromatic rings. The van der Waals surface area contributed by atoms with E-state index in [4.69, 9.17) is 11.6 Å². The van der Waals surface area contributed by atoms with Crippen LogP contribution in [0, 0.1) is 0 Å². The second-order valence-electron chi connectivity index (χ2n) is 4.92. The summed E-state index contributed by atoms with van der Waals surface area (Å²) in [6.45, 7) is 2.84. The number of carbonyl (C=O) groups excluding carboxylic acids is 1. The second-order valence-corrected chi connectivity index (χ2v) is 8.87. The number of aromatic nitrogens is 2. The van der Waals surface area contributed by atoms with E-state index in [1.165, 1.54) is 23.1 Å². The van der Waals surface area contributed by atoms with Gasteiger partial charge in [0.1, 0.15) is 9.38 Å². The van der Waals surface area contributed by atoms with Gasteiger partial charge in [0.05, 0.1) is 11.8 Å². The quantitative estimate of drug-likeness (QED) is 0.807. The number of nitrogens with one attached hydrogen (secondary N) is 1. The van der Waals surface area contributed by atoms with Gasteiger partial charge in [0, 0.05) is 16.3 Å². The van der Waals surface area contributed by atoms with Crippen LogP contribution in [0.4, 0.5) is 5.13 Å². The van der Waals surface area contributed by atoms with Crippen molar-refractivity contribution in [3.05, 3.63) is 29.3 Å². The molecule has 1 aliphatic rings. The van der Waals surface area contributed by atoms with Crippen molar-refractivity contribution in [3.63, 3.8) is 0 Å². The Hall–Kier alpha value is -1.09. The van der Waals surface area contributed by atoms with Gasteiger partial charge < -0.3 is 0 Å². The Balaban J connectivity index is 1.64. The maximum atomic E-state index is 12.4. The van der Waals surface area contributed by atoms with Crippen LogP contribution in [0.15, 0.2) is 29.3 Å². The van der Waals surface area contributed by atoms with E-state index in [2.05, 4.69) is 20.5 Å². The molecule has 1 aromatic carbocycles. The van der Waals surface area contributed by atoms with Gasteiger partial charge in [-0.3, -0.25) is 15.1 Å². The van der Waals surface area contributed by atoms with Crippen molar-refractivity contribution in [2.75, 3.05) is 17.6 Å². The Morgan fingerprint density at radius 3 is 2.83 bits per heavy atom. The number of anilines is 1. The van der Waals surface area contributed by atoms with Crippen molar-refractivity contribution in [3.8, 4) is 10.6 Å². The van der Waals surface area contributed by atoms with Gasteiger partial charge in [-0.05, 0) is 18.6 Å². The van der Waals surface area contributed by atoms with E-state index in [0.717, 1.165) is 33.7 Å². The number of hydrogen-bond donors (Lipinski definition) is 1. The summed E-state index contributed by atoms with van der Waals surface area (Å²) < 4.78 is 0.996. The third-order valence-corrected chi connectivity index (χ3v) is 6.92. The number of thioether (sulfide) groups is 2. The molecule has 9 heteroatoms. The first-order valence-electron chi connectivity index (χ1n) is 7.40. The van der Waals surface area contributed by atoms with Crippen molar-refractivity contribution in [2.45, 2.75) is 18.6 Å². The third kappa shape index (κ3) is 4.50. The monoisotopic (exact) mass is 398 g/mol. The number of amides is 1.